The van der Waals surface area contributed by atoms with Crippen LogP contribution in [0.15, 0.2) is 6.33 Å². The number of hydrogen-bond donors (Lipinski definition) is 3. The third-order valence-corrected chi connectivity index (χ3v) is 9.19. The lowest BCUT2D eigenvalue weighted by atomic mass is 9.48. The molecule has 2 unspecified atom stereocenters. The van der Waals surface area contributed by atoms with Gasteiger partial charge in [0.1, 0.15) is 17.8 Å². The molecule has 3 N–H and O–H groups in total. The molecule has 3 heterocycles. The number of carbonyl (C=O) groups excluding carboxylic acids is 1. The van der Waals surface area contributed by atoms with E-state index >= 15 is 0 Å². The summed E-state index contributed by atoms with van der Waals surface area (Å²) in [6.07, 6.45) is 12.9. The molecule has 0 spiro atoms. The van der Waals surface area contributed by atoms with Gasteiger partial charge in [0.25, 0.3) is 0 Å². The molecule has 7 nitrogen and oxygen atoms in total. The monoisotopic (exact) mass is 425 g/mol. The average Bonchev–Trinajstić information content (AvgIpc) is 3.26. The molecule has 31 heavy (non-hydrogen) atoms. The molecule has 0 radical (unpaired) electrons. The summed E-state index contributed by atoms with van der Waals surface area (Å²) in [4.78, 5) is 23.2. The van der Waals surface area contributed by atoms with Crippen LogP contribution in [0.25, 0.3) is 0 Å². The highest BCUT2D eigenvalue weighted by molar-refractivity contribution is 5.64. The summed E-state index contributed by atoms with van der Waals surface area (Å²) in [5.74, 6) is 3.39. The van der Waals surface area contributed by atoms with Crippen molar-refractivity contribution in [2.24, 2.45) is 23.2 Å². The predicted octanol–water partition coefficient (Wildman–Crippen LogP) is 2.10. The van der Waals surface area contributed by atoms with Gasteiger partial charge >= 0.3 is 0 Å². The first-order valence-electron chi connectivity index (χ1n) is 12.3. The van der Waals surface area contributed by atoms with E-state index in [1.807, 2.05) is 0 Å². The minimum Gasteiger partial charge on any atom is -0.391 e. The first-order valence-corrected chi connectivity index (χ1v) is 12.3. The Balaban J connectivity index is 1.15. The average molecular weight is 426 g/mol. The number of carbonyl (C=O) groups is 1. The first kappa shape index (κ1) is 20.1. The number of aliphatic hydroxyl groups is 1. The zero-order valence-corrected chi connectivity index (χ0v) is 18.4. The Hall–Kier alpha value is -1.57. The summed E-state index contributed by atoms with van der Waals surface area (Å²) in [7, 11) is 0. The van der Waals surface area contributed by atoms with Crippen molar-refractivity contribution in [1.29, 1.82) is 0 Å². The maximum Gasteiger partial charge on any atom is 0.154 e. The van der Waals surface area contributed by atoms with Gasteiger partial charge in [-0.3, -0.25) is 15.0 Å². The van der Waals surface area contributed by atoms with Gasteiger partial charge in [0.15, 0.2) is 6.29 Å². The van der Waals surface area contributed by atoms with Crippen LogP contribution in [0.5, 0.6) is 0 Å². The zero-order chi connectivity index (χ0) is 21.1. The van der Waals surface area contributed by atoms with Gasteiger partial charge in [0.05, 0.1) is 11.8 Å². The van der Waals surface area contributed by atoms with Gasteiger partial charge in [0, 0.05) is 25.2 Å². The number of aliphatic hydroxyl groups excluding tert-OH is 1. The van der Waals surface area contributed by atoms with Gasteiger partial charge in [-0.25, -0.2) is 9.97 Å². The van der Waals surface area contributed by atoms with Crippen molar-refractivity contribution in [2.75, 3.05) is 25.0 Å². The standard InChI is InChI=1S/C24H35N5O2/c30-14-24(3-1-4-28-24)29-5-2-19-20(13-29)26-15-27-22(19)25-12-21(31)23-9-16-6-17(10-23)8-18(7-16)11-23/h14-18,21,28,31H,1-13H2,(H,25,26,27). The van der Waals surface area contributed by atoms with Crippen molar-refractivity contribution in [3.8, 4) is 0 Å². The Morgan fingerprint density at radius 1 is 1.23 bits per heavy atom. The molecule has 168 valence electrons. The van der Waals surface area contributed by atoms with E-state index in [2.05, 4.69) is 25.5 Å². The second kappa shape index (κ2) is 7.49. The molecule has 4 aliphatic carbocycles. The zero-order valence-electron chi connectivity index (χ0n) is 18.4. The first-order chi connectivity index (χ1) is 15.1. The molecule has 1 saturated heterocycles. The molecule has 2 aliphatic heterocycles. The summed E-state index contributed by atoms with van der Waals surface area (Å²) in [5.41, 5.74) is 1.74. The number of anilines is 1. The summed E-state index contributed by atoms with van der Waals surface area (Å²) in [5, 5.41) is 18.2. The molecule has 5 fully saturated rings. The van der Waals surface area contributed by atoms with E-state index in [-0.39, 0.29) is 11.5 Å². The number of nitrogens with zero attached hydrogens (tertiary/aromatic N) is 3. The highest BCUT2D eigenvalue weighted by Gasteiger charge is 2.53. The third kappa shape index (κ3) is 3.31. The number of aldehydes is 1. The van der Waals surface area contributed by atoms with Crippen LogP contribution in [0.1, 0.15) is 62.6 Å². The maximum absolute atomic E-state index is 11.9. The van der Waals surface area contributed by atoms with E-state index in [0.29, 0.717) is 13.1 Å². The fraction of sp³-hybridized carbons (Fsp3) is 0.792. The van der Waals surface area contributed by atoms with Gasteiger partial charge in [-0.1, -0.05) is 0 Å². The number of hydrogen-bond acceptors (Lipinski definition) is 7. The summed E-state index contributed by atoms with van der Waals surface area (Å²) in [6.45, 7) is 2.94. The number of aromatic nitrogens is 2. The van der Waals surface area contributed by atoms with Gasteiger partial charge in [-0.15, -0.1) is 0 Å². The minimum absolute atomic E-state index is 0.121. The molecule has 0 amide bonds. The molecule has 1 aromatic heterocycles. The Bertz CT molecular complexity index is 817. The second-order valence-electron chi connectivity index (χ2n) is 11.1. The fourth-order valence-electron chi connectivity index (χ4n) is 8.04. The van der Waals surface area contributed by atoms with Gasteiger partial charge in [-0.2, -0.15) is 0 Å². The highest BCUT2D eigenvalue weighted by atomic mass is 16.3. The lowest BCUT2D eigenvalue weighted by molar-refractivity contribution is -0.120. The Morgan fingerprint density at radius 3 is 2.61 bits per heavy atom. The quantitative estimate of drug-likeness (QED) is 0.602. The lowest BCUT2D eigenvalue weighted by Crippen LogP contribution is -2.58. The molecule has 4 saturated carbocycles. The molecule has 4 bridgehead atoms. The smallest absolute Gasteiger partial charge is 0.154 e. The van der Waals surface area contributed by atoms with Crippen LogP contribution in [0.3, 0.4) is 0 Å². The van der Waals surface area contributed by atoms with Crippen LogP contribution in [-0.4, -0.2) is 57.7 Å². The maximum atomic E-state index is 11.9. The van der Waals surface area contributed by atoms with Gasteiger partial charge < -0.3 is 10.4 Å². The molecule has 7 heteroatoms. The number of fused-ring (bicyclic) bond motifs is 1. The second-order valence-corrected chi connectivity index (χ2v) is 11.1. The fourth-order valence-corrected chi connectivity index (χ4v) is 8.04. The van der Waals surface area contributed by atoms with Crippen LogP contribution in [0, 0.1) is 23.2 Å². The van der Waals surface area contributed by atoms with Crippen LogP contribution in [0.2, 0.25) is 0 Å². The third-order valence-electron chi connectivity index (χ3n) is 9.19. The number of rotatable bonds is 6. The van der Waals surface area contributed by atoms with E-state index in [1.54, 1.807) is 6.33 Å². The molecule has 1 aromatic rings. The van der Waals surface area contributed by atoms with E-state index in [0.717, 1.165) is 73.5 Å². The van der Waals surface area contributed by atoms with Crippen LogP contribution < -0.4 is 10.6 Å². The van der Waals surface area contributed by atoms with E-state index in [1.165, 1.54) is 38.5 Å². The van der Waals surface area contributed by atoms with Gasteiger partial charge in [0.2, 0.25) is 0 Å². The molecular weight excluding hydrogens is 390 g/mol. The Labute approximate surface area is 184 Å². The van der Waals surface area contributed by atoms with Crippen molar-refractivity contribution in [3.05, 3.63) is 17.6 Å². The van der Waals surface area contributed by atoms with Crippen molar-refractivity contribution in [2.45, 2.75) is 76.1 Å². The molecule has 0 aromatic carbocycles. The Morgan fingerprint density at radius 2 is 1.97 bits per heavy atom. The molecule has 6 aliphatic rings. The summed E-state index contributed by atoms with van der Waals surface area (Å²) < 4.78 is 0. The van der Waals surface area contributed by atoms with E-state index in [9.17, 15) is 9.90 Å². The molecule has 7 rings (SSSR count). The van der Waals surface area contributed by atoms with Crippen LogP contribution in [0.4, 0.5) is 5.82 Å². The summed E-state index contributed by atoms with van der Waals surface area (Å²) in [6, 6.07) is 0. The topological polar surface area (TPSA) is 90.4 Å². The lowest BCUT2D eigenvalue weighted by Gasteiger charge is -2.58. The van der Waals surface area contributed by atoms with E-state index < -0.39 is 5.66 Å². The number of nitrogens with one attached hydrogen (secondary N) is 2. The largest absolute Gasteiger partial charge is 0.391 e. The predicted molar refractivity (Wildman–Crippen MR) is 117 cm³/mol. The van der Waals surface area contributed by atoms with Gasteiger partial charge in [-0.05, 0) is 87.5 Å². The normalized spacial score (nSPS) is 40.0. The van der Waals surface area contributed by atoms with Crippen molar-refractivity contribution in [3.63, 3.8) is 0 Å². The summed E-state index contributed by atoms with van der Waals surface area (Å²) >= 11 is 0. The van der Waals surface area contributed by atoms with E-state index in [4.69, 9.17) is 0 Å². The van der Waals surface area contributed by atoms with Crippen LogP contribution >= 0.6 is 0 Å². The Kier molecular flexibility index (Phi) is 4.85. The highest BCUT2D eigenvalue weighted by Crippen LogP contribution is 2.61. The van der Waals surface area contributed by atoms with Crippen LogP contribution in [-0.2, 0) is 17.8 Å². The van der Waals surface area contributed by atoms with Crippen molar-refractivity contribution < 1.29 is 9.90 Å². The van der Waals surface area contributed by atoms with Crippen molar-refractivity contribution >= 4 is 12.1 Å². The SMILES string of the molecule is O=CC1(N2CCc3c(ncnc3NCC(O)C34CC5CC(CC(C5)C3)C4)C2)CCCN1. The minimum atomic E-state index is -0.537. The molecule has 2 atom stereocenters. The van der Waals surface area contributed by atoms with Crippen molar-refractivity contribution in [1.82, 2.24) is 20.2 Å². The molecular formula is C24H35N5O2.